The number of hydrogen-bond acceptors (Lipinski definition) is 6. The second-order valence-corrected chi connectivity index (χ2v) is 8.71. The number of sulfonamides is 1. The lowest BCUT2D eigenvalue weighted by molar-refractivity contribution is 0.0730. The van der Waals surface area contributed by atoms with Crippen LogP contribution in [0.15, 0.2) is 77.8 Å². The molecule has 0 atom stereocenters. The number of carbonyl (C=O) groups is 1. The van der Waals surface area contributed by atoms with E-state index in [1.165, 1.54) is 16.4 Å². The molecular weight excluding hydrogens is 418 g/mol. The molecule has 1 aromatic heterocycles. The Kier molecular flexibility index (Phi) is 6.26. The average molecular weight is 439 g/mol. The first-order valence-electron chi connectivity index (χ1n) is 9.71. The number of pyridine rings is 1. The van der Waals surface area contributed by atoms with Crippen molar-refractivity contribution in [1.82, 2.24) is 9.29 Å². The van der Waals surface area contributed by atoms with Gasteiger partial charge in [0.1, 0.15) is 11.4 Å². The monoisotopic (exact) mass is 439 g/mol. The Morgan fingerprint density at radius 1 is 1.00 bits per heavy atom. The van der Waals surface area contributed by atoms with Crippen molar-refractivity contribution >= 4 is 21.6 Å². The third kappa shape index (κ3) is 4.91. The van der Waals surface area contributed by atoms with E-state index < -0.39 is 15.9 Å². The van der Waals surface area contributed by atoms with Crippen LogP contribution in [-0.4, -0.2) is 49.9 Å². The maximum atomic E-state index is 12.9. The number of aromatic nitrogens is 1. The van der Waals surface area contributed by atoms with Gasteiger partial charge in [0.2, 0.25) is 15.9 Å². The highest BCUT2D eigenvalue weighted by atomic mass is 32.2. The summed E-state index contributed by atoms with van der Waals surface area (Å²) in [4.78, 5) is 17.1. The number of para-hydroxylation sites is 1. The standard InChI is InChI=1S/C22H21N3O5S/c26-21(24-20-10-5-11-23-22(20)30-18-7-2-1-3-8-18)17-6-4-9-19(16-17)31(27,28)25-12-14-29-15-13-25/h1-11,16H,12-15H2,(H,24,26). The Bertz CT molecular complexity index is 1160. The Morgan fingerprint density at radius 2 is 1.77 bits per heavy atom. The molecule has 1 aliphatic heterocycles. The maximum absolute atomic E-state index is 12.9. The van der Waals surface area contributed by atoms with Crippen molar-refractivity contribution in [3.05, 3.63) is 78.5 Å². The fourth-order valence-corrected chi connectivity index (χ4v) is 4.55. The van der Waals surface area contributed by atoms with E-state index in [1.807, 2.05) is 18.2 Å². The molecule has 9 heteroatoms. The minimum atomic E-state index is -3.70. The Balaban J connectivity index is 1.54. The minimum absolute atomic E-state index is 0.0639. The van der Waals surface area contributed by atoms with Crippen LogP contribution in [-0.2, 0) is 14.8 Å². The Hall–Kier alpha value is -3.27. The fraction of sp³-hybridized carbons (Fsp3) is 0.182. The van der Waals surface area contributed by atoms with E-state index in [0.29, 0.717) is 24.7 Å². The van der Waals surface area contributed by atoms with Gasteiger partial charge in [-0.05, 0) is 42.5 Å². The van der Waals surface area contributed by atoms with Crippen LogP contribution >= 0.6 is 0 Å². The number of hydrogen-bond donors (Lipinski definition) is 1. The lowest BCUT2D eigenvalue weighted by atomic mass is 10.2. The van der Waals surface area contributed by atoms with Gasteiger partial charge in [-0.25, -0.2) is 13.4 Å². The first kappa shape index (κ1) is 21.0. The van der Waals surface area contributed by atoms with E-state index in [0.717, 1.165) is 0 Å². The van der Waals surface area contributed by atoms with Crippen LogP contribution < -0.4 is 10.1 Å². The van der Waals surface area contributed by atoms with Crippen molar-refractivity contribution in [2.24, 2.45) is 0 Å². The zero-order valence-corrected chi connectivity index (χ0v) is 17.4. The first-order valence-corrected chi connectivity index (χ1v) is 11.2. The molecule has 0 aliphatic carbocycles. The number of rotatable bonds is 6. The van der Waals surface area contributed by atoms with Crippen LogP contribution in [0.4, 0.5) is 5.69 Å². The molecule has 8 nitrogen and oxygen atoms in total. The number of ether oxygens (including phenoxy) is 2. The Morgan fingerprint density at radius 3 is 2.55 bits per heavy atom. The van der Waals surface area contributed by atoms with Gasteiger partial charge in [0.25, 0.3) is 5.91 Å². The summed E-state index contributed by atoms with van der Waals surface area (Å²) in [6.45, 7) is 1.28. The average Bonchev–Trinajstić information content (AvgIpc) is 2.81. The third-order valence-electron chi connectivity index (χ3n) is 4.68. The molecule has 2 heterocycles. The predicted octanol–water partition coefficient (Wildman–Crippen LogP) is 3.15. The number of amides is 1. The van der Waals surface area contributed by atoms with E-state index in [4.69, 9.17) is 9.47 Å². The summed E-state index contributed by atoms with van der Waals surface area (Å²) in [5, 5.41) is 2.75. The normalized spacial score (nSPS) is 14.7. The maximum Gasteiger partial charge on any atom is 0.255 e. The zero-order valence-electron chi connectivity index (χ0n) is 16.6. The lowest BCUT2D eigenvalue weighted by Gasteiger charge is -2.26. The molecule has 2 aromatic carbocycles. The molecule has 4 rings (SSSR count). The van der Waals surface area contributed by atoms with Gasteiger partial charge < -0.3 is 14.8 Å². The summed E-state index contributed by atoms with van der Waals surface area (Å²) in [5.41, 5.74) is 0.585. The number of morpholine rings is 1. The Labute approximate surface area is 180 Å². The van der Waals surface area contributed by atoms with Gasteiger partial charge in [-0.2, -0.15) is 4.31 Å². The molecule has 1 aliphatic rings. The molecule has 31 heavy (non-hydrogen) atoms. The molecule has 0 bridgehead atoms. The second-order valence-electron chi connectivity index (χ2n) is 6.77. The highest BCUT2D eigenvalue weighted by Gasteiger charge is 2.27. The van der Waals surface area contributed by atoms with Crippen molar-refractivity contribution in [2.75, 3.05) is 31.6 Å². The molecule has 3 aromatic rings. The van der Waals surface area contributed by atoms with Crippen LogP contribution in [0.2, 0.25) is 0 Å². The number of benzene rings is 2. The molecule has 1 saturated heterocycles. The van der Waals surface area contributed by atoms with Gasteiger partial charge in [0.15, 0.2) is 0 Å². The van der Waals surface area contributed by atoms with Crippen LogP contribution in [0.25, 0.3) is 0 Å². The zero-order chi connectivity index (χ0) is 21.7. The second kappa shape index (κ2) is 9.25. The molecule has 0 unspecified atom stereocenters. The molecule has 0 saturated carbocycles. The van der Waals surface area contributed by atoms with Gasteiger partial charge in [-0.15, -0.1) is 0 Å². The van der Waals surface area contributed by atoms with E-state index in [9.17, 15) is 13.2 Å². The van der Waals surface area contributed by atoms with E-state index in [1.54, 1.807) is 42.6 Å². The SMILES string of the molecule is O=C(Nc1cccnc1Oc1ccccc1)c1cccc(S(=O)(=O)N2CCOCC2)c1. The van der Waals surface area contributed by atoms with E-state index >= 15 is 0 Å². The van der Waals surface area contributed by atoms with Gasteiger partial charge in [0, 0.05) is 24.8 Å². The highest BCUT2D eigenvalue weighted by molar-refractivity contribution is 7.89. The fourth-order valence-electron chi connectivity index (χ4n) is 3.10. The molecule has 1 fully saturated rings. The summed E-state index contributed by atoms with van der Waals surface area (Å²) in [5.74, 6) is 0.347. The van der Waals surface area contributed by atoms with Crippen LogP contribution in [0.3, 0.4) is 0 Å². The van der Waals surface area contributed by atoms with Gasteiger partial charge in [0.05, 0.1) is 18.1 Å². The first-order chi connectivity index (χ1) is 15.0. The summed E-state index contributed by atoms with van der Waals surface area (Å²) in [6.07, 6.45) is 1.56. The summed E-state index contributed by atoms with van der Waals surface area (Å²) in [7, 11) is -3.70. The van der Waals surface area contributed by atoms with Crippen LogP contribution in [0.5, 0.6) is 11.6 Å². The minimum Gasteiger partial charge on any atom is -0.437 e. The number of carbonyl (C=O) groups excluding carboxylic acids is 1. The molecular formula is C22H21N3O5S. The quantitative estimate of drug-likeness (QED) is 0.634. The smallest absolute Gasteiger partial charge is 0.255 e. The topological polar surface area (TPSA) is 97.8 Å². The van der Waals surface area contributed by atoms with Crippen molar-refractivity contribution in [1.29, 1.82) is 0 Å². The molecule has 1 amide bonds. The van der Waals surface area contributed by atoms with E-state index in [2.05, 4.69) is 10.3 Å². The van der Waals surface area contributed by atoms with Crippen molar-refractivity contribution in [3.63, 3.8) is 0 Å². The van der Waals surface area contributed by atoms with Crippen LogP contribution in [0, 0.1) is 0 Å². The number of anilines is 1. The van der Waals surface area contributed by atoms with Crippen molar-refractivity contribution < 1.29 is 22.7 Å². The predicted molar refractivity (Wildman–Crippen MR) is 115 cm³/mol. The number of nitrogens with one attached hydrogen (secondary N) is 1. The molecule has 1 N–H and O–H groups in total. The summed E-state index contributed by atoms with van der Waals surface area (Å²) < 4.78 is 38.1. The number of nitrogens with zero attached hydrogens (tertiary/aromatic N) is 2. The van der Waals surface area contributed by atoms with Crippen molar-refractivity contribution in [3.8, 4) is 11.6 Å². The third-order valence-corrected chi connectivity index (χ3v) is 6.58. The lowest BCUT2D eigenvalue weighted by Crippen LogP contribution is -2.40. The molecule has 0 radical (unpaired) electrons. The summed E-state index contributed by atoms with van der Waals surface area (Å²) in [6, 6.07) is 18.4. The highest BCUT2D eigenvalue weighted by Crippen LogP contribution is 2.27. The largest absolute Gasteiger partial charge is 0.437 e. The molecule has 0 spiro atoms. The summed E-state index contributed by atoms with van der Waals surface area (Å²) >= 11 is 0. The van der Waals surface area contributed by atoms with E-state index in [-0.39, 0.29) is 29.4 Å². The van der Waals surface area contributed by atoms with Gasteiger partial charge in [-0.3, -0.25) is 4.79 Å². The van der Waals surface area contributed by atoms with Crippen molar-refractivity contribution in [2.45, 2.75) is 4.90 Å². The van der Waals surface area contributed by atoms with Crippen LogP contribution in [0.1, 0.15) is 10.4 Å². The molecule has 160 valence electrons. The van der Waals surface area contributed by atoms with Gasteiger partial charge in [-0.1, -0.05) is 24.3 Å². The van der Waals surface area contributed by atoms with Gasteiger partial charge >= 0.3 is 0 Å².